The highest BCUT2D eigenvalue weighted by Gasteiger charge is 2.05. The number of nitrogens with zero attached hydrogens (tertiary/aromatic N) is 2. The number of benzene rings is 1. The number of pyridine rings is 1. The molecule has 126 valence electrons. The molecular formula is C21H22N4. The van der Waals surface area contributed by atoms with E-state index >= 15 is 0 Å². The zero-order valence-electron chi connectivity index (χ0n) is 14.4. The molecule has 0 aliphatic rings. The van der Waals surface area contributed by atoms with Crippen LogP contribution in [-0.2, 0) is 13.0 Å². The number of nitrogens with one attached hydrogen (secondary N) is 2. The van der Waals surface area contributed by atoms with Crippen molar-refractivity contribution in [3.8, 4) is 5.82 Å². The maximum absolute atomic E-state index is 4.61. The Morgan fingerprint density at radius 3 is 2.88 bits per heavy atom. The van der Waals surface area contributed by atoms with Crippen molar-refractivity contribution in [3.63, 3.8) is 0 Å². The van der Waals surface area contributed by atoms with Crippen LogP contribution in [0.15, 0.2) is 67.0 Å². The van der Waals surface area contributed by atoms with E-state index in [-0.39, 0.29) is 0 Å². The Bertz CT molecular complexity index is 980. The molecule has 0 unspecified atom stereocenters. The fraction of sp³-hybridized carbons (Fsp3) is 0.190. The van der Waals surface area contributed by atoms with Crippen LogP contribution in [0.5, 0.6) is 0 Å². The Morgan fingerprint density at radius 2 is 1.96 bits per heavy atom. The number of aryl methyl sites for hydroxylation is 1. The number of H-pyrrole nitrogens is 1. The lowest BCUT2D eigenvalue weighted by Crippen LogP contribution is -2.18. The fourth-order valence-electron chi connectivity index (χ4n) is 3.22. The largest absolute Gasteiger partial charge is 0.361 e. The molecule has 0 saturated heterocycles. The van der Waals surface area contributed by atoms with Crippen molar-refractivity contribution < 1.29 is 0 Å². The van der Waals surface area contributed by atoms with Crippen LogP contribution in [-0.4, -0.2) is 21.1 Å². The lowest BCUT2D eigenvalue weighted by atomic mass is 10.1. The van der Waals surface area contributed by atoms with Crippen LogP contribution in [0.2, 0.25) is 0 Å². The Labute approximate surface area is 147 Å². The molecule has 0 fully saturated rings. The third-order valence-corrected chi connectivity index (χ3v) is 4.51. The molecule has 0 atom stereocenters. The fourth-order valence-corrected chi connectivity index (χ4v) is 3.22. The number of aromatic amines is 1. The Hall–Kier alpha value is -2.85. The van der Waals surface area contributed by atoms with Gasteiger partial charge in [-0.3, -0.25) is 0 Å². The SMILES string of the molecule is Cc1cccc(-n2cccc2CNCCc2c[nH]c3ccccc23)n1. The molecule has 0 radical (unpaired) electrons. The van der Waals surface area contributed by atoms with Gasteiger partial charge in [-0.1, -0.05) is 24.3 Å². The van der Waals surface area contributed by atoms with Crippen LogP contribution in [0.1, 0.15) is 17.0 Å². The zero-order valence-corrected chi connectivity index (χ0v) is 14.4. The van der Waals surface area contributed by atoms with Crippen LogP contribution in [0.25, 0.3) is 16.7 Å². The summed E-state index contributed by atoms with van der Waals surface area (Å²) >= 11 is 0. The van der Waals surface area contributed by atoms with Crippen molar-refractivity contribution in [2.24, 2.45) is 0 Å². The van der Waals surface area contributed by atoms with Crippen molar-refractivity contribution in [2.45, 2.75) is 19.9 Å². The molecule has 3 aromatic heterocycles. The lowest BCUT2D eigenvalue weighted by Gasteiger charge is -2.10. The van der Waals surface area contributed by atoms with Gasteiger partial charge in [-0.05, 0) is 55.8 Å². The second kappa shape index (κ2) is 6.95. The van der Waals surface area contributed by atoms with E-state index in [0.717, 1.165) is 31.0 Å². The average Bonchev–Trinajstić information content (AvgIpc) is 3.26. The maximum atomic E-state index is 4.61. The Morgan fingerprint density at radius 1 is 1.04 bits per heavy atom. The van der Waals surface area contributed by atoms with Gasteiger partial charge in [0.05, 0.1) is 0 Å². The molecule has 0 aliphatic heterocycles. The van der Waals surface area contributed by atoms with Gasteiger partial charge >= 0.3 is 0 Å². The van der Waals surface area contributed by atoms with Crippen LogP contribution < -0.4 is 5.32 Å². The topological polar surface area (TPSA) is 45.6 Å². The van der Waals surface area contributed by atoms with E-state index in [2.05, 4.69) is 68.6 Å². The molecule has 4 rings (SSSR count). The number of hydrogen-bond acceptors (Lipinski definition) is 2. The Balaban J connectivity index is 1.39. The van der Waals surface area contributed by atoms with E-state index in [9.17, 15) is 0 Å². The Kier molecular flexibility index (Phi) is 4.36. The van der Waals surface area contributed by atoms with E-state index in [1.54, 1.807) is 0 Å². The monoisotopic (exact) mass is 330 g/mol. The summed E-state index contributed by atoms with van der Waals surface area (Å²) in [6.45, 7) is 3.78. The highest BCUT2D eigenvalue weighted by molar-refractivity contribution is 5.83. The summed E-state index contributed by atoms with van der Waals surface area (Å²) in [7, 11) is 0. The molecule has 0 amide bonds. The molecule has 0 saturated carbocycles. The third kappa shape index (κ3) is 3.35. The van der Waals surface area contributed by atoms with Gasteiger partial charge in [-0.2, -0.15) is 0 Å². The summed E-state index contributed by atoms with van der Waals surface area (Å²) in [5.41, 5.74) is 4.82. The first-order chi connectivity index (χ1) is 12.3. The standard InChI is InChI=1S/C21H22N4/c1-16-6-4-10-21(24-16)25-13-5-7-18(25)15-22-12-11-17-14-23-20-9-3-2-8-19(17)20/h2-10,13-14,22-23H,11-12,15H2,1H3. The van der Waals surface area contributed by atoms with Crippen LogP contribution >= 0.6 is 0 Å². The van der Waals surface area contributed by atoms with Crippen molar-refractivity contribution in [1.82, 2.24) is 19.9 Å². The number of rotatable bonds is 6. The second-order valence-electron chi connectivity index (χ2n) is 6.29. The lowest BCUT2D eigenvalue weighted by molar-refractivity contribution is 0.665. The quantitative estimate of drug-likeness (QED) is 0.525. The van der Waals surface area contributed by atoms with E-state index in [0.29, 0.717) is 0 Å². The first-order valence-electron chi connectivity index (χ1n) is 8.67. The summed E-state index contributed by atoms with van der Waals surface area (Å²) < 4.78 is 2.14. The van der Waals surface area contributed by atoms with Gasteiger partial charge in [0.2, 0.25) is 0 Å². The van der Waals surface area contributed by atoms with Gasteiger partial charge < -0.3 is 14.9 Å². The molecule has 4 heteroatoms. The van der Waals surface area contributed by atoms with Crippen LogP contribution in [0.4, 0.5) is 0 Å². The van der Waals surface area contributed by atoms with E-state index in [1.807, 2.05) is 25.1 Å². The molecule has 0 bridgehead atoms. The van der Waals surface area contributed by atoms with Gasteiger partial charge in [0, 0.05) is 41.2 Å². The molecule has 25 heavy (non-hydrogen) atoms. The average molecular weight is 330 g/mol. The molecule has 0 aliphatic carbocycles. The molecule has 1 aromatic carbocycles. The predicted octanol–water partition coefficient (Wildman–Crippen LogP) is 3.99. The minimum atomic E-state index is 0.824. The van der Waals surface area contributed by atoms with E-state index in [4.69, 9.17) is 0 Å². The molecule has 2 N–H and O–H groups in total. The van der Waals surface area contributed by atoms with Crippen molar-refractivity contribution in [1.29, 1.82) is 0 Å². The molecule has 0 spiro atoms. The highest BCUT2D eigenvalue weighted by Crippen LogP contribution is 2.17. The van der Waals surface area contributed by atoms with E-state index < -0.39 is 0 Å². The minimum absolute atomic E-state index is 0.824. The maximum Gasteiger partial charge on any atom is 0.137 e. The van der Waals surface area contributed by atoms with Gasteiger partial charge in [-0.15, -0.1) is 0 Å². The van der Waals surface area contributed by atoms with Gasteiger partial charge in [0.1, 0.15) is 5.82 Å². The van der Waals surface area contributed by atoms with Crippen LogP contribution in [0.3, 0.4) is 0 Å². The zero-order chi connectivity index (χ0) is 17.1. The van der Waals surface area contributed by atoms with Gasteiger partial charge in [-0.25, -0.2) is 4.98 Å². The number of para-hydroxylation sites is 1. The van der Waals surface area contributed by atoms with Gasteiger partial charge in [0.15, 0.2) is 0 Å². The van der Waals surface area contributed by atoms with Crippen molar-refractivity contribution >= 4 is 10.9 Å². The second-order valence-corrected chi connectivity index (χ2v) is 6.29. The highest BCUT2D eigenvalue weighted by atomic mass is 15.1. The first-order valence-corrected chi connectivity index (χ1v) is 8.67. The summed E-state index contributed by atoms with van der Waals surface area (Å²) in [5.74, 6) is 0.971. The third-order valence-electron chi connectivity index (χ3n) is 4.51. The minimum Gasteiger partial charge on any atom is -0.361 e. The number of hydrogen-bond donors (Lipinski definition) is 2. The van der Waals surface area contributed by atoms with Crippen molar-refractivity contribution in [2.75, 3.05) is 6.54 Å². The molecule has 4 nitrogen and oxygen atoms in total. The normalized spacial score (nSPS) is 11.2. The molecule has 3 heterocycles. The summed E-state index contributed by atoms with van der Waals surface area (Å²) in [5, 5.41) is 4.87. The van der Waals surface area contributed by atoms with Crippen LogP contribution in [0, 0.1) is 6.92 Å². The predicted molar refractivity (Wildman–Crippen MR) is 102 cm³/mol. The number of fused-ring (bicyclic) bond motifs is 1. The molecular weight excluding hydrogens is 308 g/mol. The first kappa shape index (κ1) is 15.7. The van der Waals surface area contributed by atoms with Gasteiger partial charge in [0.25, 0.3) is 0 Å². The van der Waals surface area contributed by atoms with E-state index in [1.165, 1.54) is 22.2 Å². The summed E-state index contributed by atoms with van der Waals surface area (Å²) in [4.78, 5) is 7.95. The summed E-state index contributed by atoms with van der Waals surface area (Å²) in [6.07, 6.45) is 5.19. The van der Waals surface area contributed by atoms with Crippen molar-refractivity contribution in [3.05, 3.63) is 83.9 Å². The molecule has 4 aromatic rings. The summed E-state index contributed by atoms with van der Waals surface area (Å²) in [6, 6.07) is 18.8. The number of aromatic nitrogens is 3. The smallest absolute Gasteiger partial charge is 0.137 e.